The van der Waals surface area contributed by atoms with Gasteiger partial charge >= 0.3 is 23.9 Å². The van der Waals surface area contributed by atoms with Crippen LogP contribution in [0.25, 0.3) is 44.1 Å². The van der Waals surface area contributed by atoms with Gasteiger partial charge in [-0.2, -0.15) is 0 Å². The number of aromatic carboxylic acids is 4. The van der Waals surface area contributed by atoms with Gasteiger partial charge in [0.1, 0.15) is 0 Å². The van der Waals surface area contributed by atoms with Gasteiger partial charge < -0.3 is 25.4 Å². The zero-order valence-electron chi connectivity index (χ0n) is 20.5. The summed E-state index contributed by atoms with van der Waals surface area (Å²) < 4.78 is 0. The summed E-state index contributed by atoms with van der Waals surface area (Å²) in [5.74, 6) is -5.81. The molecular weight excluding hydrogens is 502 g/mol. The van der Waals surface area contributed by atoms with Gasteiger partial charge in [-0.25, -0.2) is 19.2 Å². The summed E-state index contributed by atoms with van der Waals surface area (Å²) in [6.07, 6.45) is 0.384. The molecule has 0 aliphatic rings. The lowest BCUT2D eigenvalue weighted by atomic mass is 9.82. The molecule has 1 heterocycles. The molecule has 0 aliphatic carbocycles. The highest BCUT2D eigenvalue weighted by molar-refractivity contribution is 6.19. The number of aromatic nitrogens is 1. The molecule has 1 aromatic heterocycles. The number of aryl methyl sites for hydroxylation is 1. The van der Waals surface area contributed by atoms with Crippen molar-refractivity contribution in [2.24, 2.45) is 0 Å². The van der Waals surface area contributed by atoms with E-state index in [9.17, 15) is 39.6 Å². The quantitative estimate of drug-likeness (QED) is 0.173. The SMILES string of the molecule is CCc1cc2c([nH]c3ccccc32)c(-c2cccc(C(=O)O)c2C(=O)O)c1-c1cccc(C(=O)O)c1C(=O)O. The third kappa shape index (κ3) is 3.97. The van der Waals surface area contributed by atoms with Crippen molar-refractivity contribution in [1.82, 2.24) is 4.98 Å². The van der Waals surface area contributed by atoms with E-state index in [1.807, 2.05) is 37.3 Å². The zero-order chi connectivity index (χ0) is 28.0. The predicted molar refractivity (Wildman–Crippen MR) is 144 cm³/mol. The van der Waals surface area contributed by atoms with Gasteiger partial charge in [0.15, 0.2) is 0 Å². The van der Waals surface area contributed by atoms with Crippen molar-refractivity contribution in [3.05, 3.63) is 94.5 Å². The van der Waals surface area contributed by atoms with E-state index in [-0.39, 0.29) is 16.7 Å². The largest absolute Gasteiger partial charge is 0.478 e. The number of carbonyl (C=O) groups is 4. The monoisotopic (exact) mass is 523 g/mol. The second-order valence-corrected chi connectivity index (χ2v) is 8.91. The molecule has 0 aliphatic heterocycles. The number of benzene rings is 4. The van der Waals surface area contributed by atoms with Crippen LogP contribution in [0, 0.1) is 0 Å². The van der Waals surface area contributed by atoms with Gasteiger partial charge in [0, 0.05) is 21.9 Å². The van der Waals surface area contributed by atoms with Crippen molar-refractivity contribution in [2.75, 3.05) is 0 Å². The van der Waals surface area contributed by atoms with Gasteiger partial charge in [0.2, 0.25) is 0 Å². The number of aromatic amines is 1. The van der Waals surface area contributed by atoms with Gasteiger partial charge in [0.25, 0.3) is 0 Å². The molecule has 0 spiro atoms. The molecule has 5 N–H and O–H groups in total. The smallest absolute Gasteiger partial charge is 0.337 e. The maximum absolute atomic E-state index is 12.5. The molecule has 39 heavy (non-hydrogen) atoms. The van der Waals surface area contributed by atoms with Crippen LogP contribution >= 0.6 is 0 Å². The summed E-state index contributed by atoms with van der Waals surface area (Å²) in [4.78, 5) is 52.3. The average Bonchev–Trinajstić information content (AvgIpc) is 3.29. The number of para-hydroxylation sites is 1. The van der Waals surface area contributed by atoms with Crippen molar-refractivity contribution in [3.8, 4) is 22.3 Å². The zero-order valence-corrected chi connectivity index (χ0v) is 20.5. The summed E-state index contributed by atoms with van der Waals surface area (Å²) in [5, 5.41) is 41.4. The normalized spacial score (nSPS) is 11.1. The highest BCUT2D eigenvalue weighted by Crippen LogP contribution is 2.45. The fourth-order valence-corrected chi connectivity index (χ4v) is 5.24. The topological polar surface area (TPSA) is 165 Å². The Hall–Kier alpha value is -5.44. The van der Waals surface area contributed by atoms with Crippen LogP contribution < -0.4 is 0 Å². The van der Waals surface area contributed by atoms with Gasteiger partial charge in [-0.05, 0) is 52.9 Å². The maximum Gasteiger partial charge on any atom is 0.337 e. The lowest BCUT2D eigenvalue weighted by molar-refractivity contribution is 0.0652. The Bertz CT molecular complexity index is 1860. The minimum Gasteiger partial charge on any atom is -0.478 e. The van der Waals surface area contributed by atoms with Crippen LogP contribution in [0.1, 0.15) is 53.9 Å². The molecule has 0 fully saturated rings. The first-order chi connectivity index (χ1) is 18.6. The van der Waals surface area contributed by atoms with Crippen LogP contribution in [0.5, 0.6) is 0 Å². The van der Waals surface area contributed by atoms with Crippen molar-refractivity contribution >= 4 is 45.7 Å². The van der Waals surface area contributed by atoms with E-state index < -0.39 is 46.1 Å². The molecule has 0 bridgehead atoms. The Kier molecular flexibility index (Phi) is 6.12. The summed E-state index contributed by atoms with van der Waals surface area (Å²) in [5.41, 5.74) is 0.749. The molecule has 194 valence electrons. The Morgan fingerprint density at radius 3 is 1.69 bits per heavy atom. The van der Waals surface area contributed by atoms with Crippen molar-refractivity contribution in [1.29, 1.82) is 0 Å². The van der Waals surface area contributed by atoms with Gasteiger partial charge in [0.05, 0.1) is 27.8 Å². The summed E-state index contributed by atoms with van der Waals surface area (Å²) in [7, 11) is 0. The van der Waals surface area contributed by atoms with E-state index in [0.29, 0.717) is 23.1 Å². The Morgan fingerprint density at radius 2 is 1.18 bits per heavy atom. The summed E-state index contributed by atoms with van der Waals surface area (Å²) in [6, 6.07) is 17.4. The third-order valence-electron chi connectivity index (χ3n) is 6.82. The van der Waals surface area contributed by atoms with Gasteiger partial charge in [-0.1, -0.05) is 49.4 Å². The van der Waals surface area contributed by atoms with Crippen LogP contribution in [0.3, 0.4) is 0 Å². The Morgan fingerprint density at radius 1 is 0.641 bits per heavy atom. The van der Waals surface area contributed by atoms with Crippen LogP contribution in [-0.2, 0) is 6.42 Å². The first-order valence-corrected chi connectivity index (χ1v) is 11.9. The Balaban J connectivity index is 2.09. The number of carboxylic acid groups (broad SMARTS) is 4. The van der Waals surface area contributed by atoms with Crippen LogP contribution in [0.15, 0.2) is 66.7 Å². The van der Waals surface area contributed by atoms with E-state index in [1.165, 1.54) is 36.4 Å². The fourth-order valence-electron chi connectivity index (χ4n) is 5.24. The number of nitrogens with one attached hydrogen (secondary N) is 1. The van der Waals surface area contributed by atoms with Gasteiger partial charge in [-0.15, -0.1) is 0 Å². The minimum atomic E-state index is -1.47. The van der Waals surface area contributed by atoms with Crippen molar-refractivity contribution in [3.63, 3.8) is 0 Å². The molecule has 9 heteroatoms. The molecule has 9 nitrogen and oxygen atoms in total. The Labute approximate surface area is 220 Å². The molecule has 0 unspecified atom stereocenters. The molecule has 0 radical (unpaired) electrons. The van der Waals surface area contributed by atoms with Crippen LogP contribution in [0.2, 0.25) is 0 Å². The van der Waals surface area contributed by atoms with E-state index in [0.717, 1.165) is 16.3 Å². The number of hydrogen-bond donors (Lipinski definition) is 5. The fraction of sp³-hybridized carbons (Fsp3) is 0.0667. The molecular formula is C30H21NO8. The lowest BCUT2D eigenvalue weighted by Crippen LogP contribution is -2.12. The highest BCUT2D eigenvalue weighted by atomic mass is 16.4. The van der Waals surface area contributed by atoms with E-state index >= 15 is 0 Å². The molecule has 0 atom stereocenters. The predicted octanol–water partition coefficient (Wildman–Crippen LogP) is 6.01. The number of rotatable bonds is 7. The first kappa shape index (κ1) is 25.2. The number of carboxylic acids is 4. The van der Waals surface area contributed by atoms with Crippen LogP contribution in [0.4, 0.5) is 0 Å². The second-order valence-electron chi connectivity index (χ2n) is 8.91. The third-order valence-corrected chi connectivity index (χ3v) is 6.82. The molecule has 5 rings (SSSR count). The van der Waals surface area contributed by atoms with Gasteiger partial charge in [-0.3, -0.25) is 0 Å². The van der Waals surface area contributed by atoms with E-state index in [2.05, 4.69) is 4.98 Å². The molecule has 0 amide bonds. The summed E-state index contributed by atoms with van der Waals surface area (Å²) in [6.45, 7) is 1.84. The molecule has 4 aromatic carbocycles. The average molecular weight is 523 g/mol. The number of hydrogen-bond acceptors (Lipinski definition) is 4. The van der Waals surface area contributed by atoms with Crippen molar-refractivity contribution in [2.45, 2.75) is 13.3 Å². The minimum absolute atomic E-state index is 0.0568. The number of fused-ring (bicyclic) bond motifs is 3. The number of H-pyrrole nitrogens is 1. The van der Waals surface area contributed by atoms with E-state index in [4.69, 9.17) is 0 Å². The lowest BCUT2D eigenvalue weighted by Gasteiger charge is -2.20. The highest BCUT2D eigenvalue weighted by Gasteiger charge is 2.29. The second kappa shape index (κ2) is 9.46. The maximum atomic E-state index is 12.5. The molecule has 0 saturated heterocycles. The first-order valence-electron chi connectivity index (χ1n) is 11.9. The standard InChI is InChI=1S/C30H21NO8/c1-2-14-13-20-15-7-3-4-12-21(15)31-26(20)25(17-9-6-11-19(28(34)35)24(17)30(38)39)22(14)16-8-5-10-18(27(32)33)23(16)29(36)37/h3-13,31H,2H2,1H3,(H,32,33)(H,34,35)(H,36,37)(H,38,39). The van der Waals surface area contributed by atoms with Crippen LogP contribution in [-0.4, -0.2) is 49.3 Å². The summed E-state index contributed by atoms with van der Waals surface area (Å²) >= 11 is 0. The van der Waals surface area contributed by atoms with E-state index in [1.54, 1.807) is 0 Å². The van der Waals surface area contributed by atoms with Crippen molar-refractivity contribution < 1.29 is 39.6 Å². The molecule has 0 saturated carbocycles. The molecule has 5 aromatic rings.